The van der Waals surface area contributed by atoms with E-state index < -0.39 is 7.92 Å². The average Bonchev–Trinajstić information content (AvgIpc) is 3.18. The van der Waals surface area contributed by atoms with Crippen molar-refractivity contribution in [1.29, 1.82) is 0 Å². The molecule has 1 fully saturated rings. The Hall–Kier alpha value is -1.66. The zero-order chi connectivity index (χ0) is 31.5. The molecule has 0 bridgehead atoms. The molecular weight excluding hydrogens is 517 g/mol. The molecule has 0 amide bonds. The predicted octanol–water partition coefficient (Wildman–Crippen LogP) is 11.9. The van der Waals surface area contributed by atoms with Crippen molar-refractivity contribution in [3.05, 3.63) is 58.1 Å². The summed E-state index contributed by atoms with van der Waals surface area (Å²) in [4.78, 5) is 5.90. The Morgan fingerprint density at radius 3 is 1.68 bits per heavy atom. The first-order valence-electron chi connectivity index (χ1n) is 15.8. The van der Waals surface area contributed by atoms with Crippen LogP contribution in [0.15, 0.2) is 35.3 Å². The fraction of sp³-hybridized carbons (Fsp3) is 0.658. The van der Waals surface area contributed by atoms with Gasteiger partial charge in [0.25, 0.3) is 0 Å². The molecule has 0 radical (unpaired) electrons. The molecule has 41 heavy (non-hydrogen) atoms. The van der Waals surface area contributed by atoms with E-state index in [2.05, 4.69) is 141 Å². The molecule has 3 rings (SSSR count). The molecule has 1 saturated heterocycles. The van der Waals surface area contributed by atoms with Gasteiger partial charge in [-0.1, -0.05) is 149 Å². The zero-order valence-electron chi connectivity index (χ0n) is 29.3. The number of aromatic hydroxyl groups is 1. The number of aliphatic imine (C=N–C) groups is 1. The van der Waals surface area contributed by atoms with Gasteiger partial charge in [0.05, 0.1) is 11.1 Å². The van der Waals surface area contributed by atoms with Gasteiger partial charge in [-0.25, -0.2) is 0 Å². The average molecular weight is 578 g/mol. The number of phenols is 1. The molecule has 2 unspecified atom stereocenters. The quantitative estimate of drug-likeness (QED) is 0.360. The number of nitrogens with zero attached hydrogens (tertiary/aromatic N) is 1. The molecule has 0 spiro atoms. The third-order valence-electron chi connectivity index (χ3n) is 9.24. The number of benzene rings is 2. The topological polar surface area (TPSA) is 32.6 Å². The van der Waals surface area contributed by atoms with Crippen LogP contribution < -0.4 is 0 Å². The second kappa shape index (κ2) is 11.1. The van der Waals surface area contributed by atoms with Gasteiger partial charge < -0.3 is 5.11 Å². The normalized spacial score (nSPS) is 21.9. The highest BCUT2D eigenvalue weighted by Gasteiger charge is 2.57. The number of para-hydroxylation sites is 1. The second-order valence-corrected chi connectivity index (χ2v) is 20.2. The van der Waals surface area contributed by atoms with Crippen molar-refractivity contribution in [1.82, 2.24) is 0 Å². The fourth-order valence-corrected chi connectivity index (χ4v) is 9.94. The number of hydrogen-bond donors (Lipinski definition) is 1. The highest BCUT2D eigenvalue weighted by Crippen LogP contribution is 2.68. The first-order valence-corrected chi connectivity index (χ1v) is 17.4. The van der Waals surface area contributed by atoms with Gasteiger partial charge in [0.1, 0.15) is 5.75 Å². The monoisotopic (exact) mass is 577 g/mol. The molecule has 1 aliphatic rings. The van der Waals surface area contributed by atoms with E-state index in [0.717, 1.165) is 23.7 Å². The van der Waals surface area contributed by atoms with Gasteiger partial charge in [-0.3, -0.25) is 4.99 Å². The summed E-state index contributed by atoms with van der Waals surface area (Å²) in [6, 6.07) is 11.4. The second-order valence-electron chi connectivity index (χ2n) is 17.2. The zero-order valence-corrected chi connectivity index (χ0v) is 30.2. The summed E-state index contributed by atoms with van der Waals surface area (Å²) in [6.07, 6.45) is 2.13. The Labute approximate surface area is 254 Å². The van der Waals surface area contributed by atoms with Gasteiger partial charge in [-0.2, -0.15) is 0 Å². The van der Waals surface area contributed by atoms with E-state index in [0.29, 0.717) is 17.6 Å². The largest absolute Gasteiger partial charge is 0.507 e. The summed E-state index contributed by atoms with van der Waals surface area (Å²) in [5.74, 6) is 1.23. The van der Waals surface area contributed by atoms with Crippen LogP contribution in [0.25, 0.3) is 0 Å². The van der Waals surface area contributed by atoms with Crippen LogP contribution in [0.5, 0.6) is 5.75 Å². The molecule has 2 atom stereocenters. The Bertz CT molecular complexity index is 1260. The first-order chi connectivity index (χ1) is 18.4. The Morgan fingerprint density at radius 1 is 0.780 bits per heavy atom. The summed E-state index contributed by atoms with van der Waals surface area (Å²) in [6.45, 7) is 37.0. The summed E-state index contributed by atoms with van der Waals surface area (Å²) in [7, 11) is -0.561. The maximum absolute atomic E-state index is 12.3. The van der Waals surface area contributed by atoms with Crippen LogP contribution in [0.4, 0.5) is 5.69 Å². The molecule has 2 aromatic rings. The number of phenolic OH excluding ortho intramolecular Hbond substituents is 1. The van der Waals surface area contributed by atoms with E-state index in [4.69, 9.17) is 4.99 Å². The van der Waals surface area contributed by atoms with Gasteiger partial charge in [0.15, 0.2) is 0 Å². The molecule has 0 aliphatic carbocycles. The van der Waals surface area contributed by atoms with Crippen molar-refractivity contribution >= 4 is 19.1 Å². The lowest BCUT2D eigenvalue weighted by Crippen LogP contribution is -2.45. The van der Waals surface area contributed by atoms with Gasteiger partial charge in [-0.15, -0.1) is 0 Å². The molecule has 1 N–H and O–H groups in total. The van der Waals surface area contributed by atoms with E-state index in [1.54, 1.807) is 0 Å². The first kappa shape index (κ1) is 33.8. The van der Waals surface area contributed by atoms with Crippen LogP contribution >= 0.6 is 7.92 Å². The summed E-state index contributed by atoms with van der Waals surface area (Å²) in [5.41, 5.74) is 7.80. The highest BCUT2D eigenvalue weighted by molar-refractivity contribution is 7.77. The molecule has 0 saturated carbocycles. The Balaban J connectivity index is 2.61. The van der Waals surface area contributed by atoms with Crippen molar-refractivity contribution in [2.75, 3.05) is 6.16 Å². The van der Waals surface area contributed by atoms with Crippen LogP contribution in [0.1, 0.15) is 157 Å². The van der Waals surface area contributed by atoms with Crippen LogP contribution in [0, 0.1) is 5.41 Å². The smallest absolute Gasteiger partial charge is 0.123 e. The molecule has 2 aromatic carbocycles. The SMILES string of the molecule is CC(C)c1cccc(C(C)C)c1N=C1P(C(C)(C)C)CCC1(c1cc(C(C)(C)C)cc(C(C)(C)C)c1O)C(C)(C)C. The van der Waals surface area contributed by atoms with Gasteiger partial charge in [0, 0.05) is 11.0 Å². The minimum Gasteiger partial charge on any atom is -0.507 e. The van der Waals surface area contributed by atoms with Gasteiger partial charge >= 0.3 is 0 Å². The lowest BCUT2D eigenvalue weighted by molar-refractivity contribution is 0.251. The summed E-state index contributed by atoms with van der Waals surface area (Å²) >= 11 is 0. The third kappa shape index (κ3) is 6.34. The van der Waals surface area contributed by atoms with Crippen molar-refractivity contribution < 1.29 is 5.11 Å². The van der Waals surface area contributed by atoms with E-state index in [1.165, 1.54) is 27.8 Å². The molecular formula is C38H60NOP. The van der Waals surface area contributed by atoms with E-state index in [-0.39, 0.29) is 26.8 Å². The summed E-state index contributed by atoms with van der Waals surface area (Å²) in [5, 5.41) is 12.4. The number of rotatable bonds is 4. The lowest BCUT2D eigenvalue weighted by atomic mass is 9.60. The predicted molar refractivity (Wildman–Crippen MR) is 185 cm³/mol. The maximum atomic E-state index is 12.3. The van der Waals surface area contributed by atoms with Crippen LogP contribution in [0.2, 0.25) is 0 Å². The third-order valence-corrected chi connectivity index (χ3v) is 12.5. The number of hydrogen-bond acceptors (Lipinski definition) is 2. The van der Waals surface area contributed by atoms with Crippen molar-refractivity contribution in [2.24, 2.45) is 10.4 Å². The van der Waals surface area contributed by atoms with Gasteiger partial charge in [0.2, 0.25) is 0 Å². The summed E-state index contributed by atoms with van der Waals surface area (Å²) < 4.78 is 0. The highest BCUT2D eigenvalue weighted by atomic mass is 31.1. The van der Waals surface area contributed by atoms with Crippen molar-refractivity contribution in [2.45, 2.75) is 150 Å². The van der Waals surface area contributed by atoms with Crippen LogP contribution in [-0.2, 0) is 16.2 Å². The van der Waals surface area contributed by atoms with Crippen molar-refractivity contribution in [3.63, 3.8) is 0 Å². The van der Waals surface area contributed by atoms with E-state index in [9.17, 15) is 5.11 Å². The molecule has 228 valence electrons. The minimum absolute atomic E-state index is 0.0404. The maximum Gasteiger partial charge on any atom is 0.123 e. The molecule has 1 heterocycles. The van der Waals surface area contributed by atoms with Crippen LogP contribution in [-0.4, -0.2) is 21.9 Å². The van der Waals surface area contributed by atoms with E-state index >= 15 is 0 Å². The van der Waals surface area contributed by atoms with Gasteiger partial charge in [-0.05, 0) is 68.1 Å². The fourth-order valence-electron chi connectivity index (χ4n) is 6.62. The Kier molecular flexibility index (Phi) is 9.18. The van der Waals surface area contributed by atoms with Crippen LogP contribution in [0.3, 0.4) is 0 Å². The van der Waals surface area contributed by atoms with Crippen molar-refractivity contribution in [3.8, 4) is 5.75 Å². The standard InChI is InChI=1S/C38H60NOP/c1-24(2)27-18-17-19-28(25(3)4)31(27)39-33-38(36(11,12)13,20-21-41(33)37(14,15)16)30-23-26(34(5,6)7)22-29(32(30)40)35(8,9)10/h17-19,22-25,40H,20-21H2,1-16H3. The lowest BCUT2D eigenvalue weighted by Gasteiger charge is -2.46. The van der Waals surface area contributed by atoms with E-state index in [1.807, 2.05) is 0 Å². The molecule has 0 aromatic heterocycles. The Morgan fingerprint density at radius 2 is 1.29 bits per heavy atom. The molecule has 1 aliphatic heterocycles. The molecule has 2 nitrogen and oxygen atoms in total. The molecule has 3 heteroatoms. The minimum atomic E-state index is -0.561.